The molecular formula is C13H11FN4. The first-order valence-corrected chi connectivity index (χ1v) is 5.43. The van der Waals surface area contributed by atoms with Crippen molar-refractivity contribution in [2.24, 2.45) is 0 Å². The Morgan fingerprint density at radius 3 is 2.78 bits per heavy atom. The number of H-pyrrole nitrogens is 1. The van der Waals surface area contributed by atoms with Crippen LogP contribution < -0.4 is 11.5 Å². The Morgan fingerprint density at radius 1 is 1.17 bits per heavy atom. The molecule has 0 saturated heterocycles. The molecule has 0 bridgehead atoms. The van der Waals surface area contributed by atoms with Crippen LogP contribution in [0.25, 0.3) is 22.0 Å². The number of nitrogen functional groups attached to an aromatic ring is 2. The van der Waals surface area contributed by atoms with Crippen LogP contribution in [0.4, 0.5) is 15.9 Å². The van der Waals surface area contributed by atoms with Crippen LogP contribution in [0.15, 0.2) is 36.7 Å². The van der Waals surface area contributed by atoms with E-state index in [0.29, 0.717) is 11.5 Å². The Labute approximate surface area is 102 Å². The highest BCUT2D eigenvalue weighted by Gasteiger charge is 2.08. The van der Waals surface area contributed by atoms with Crippen LogP contribution in [0.2, 0.25) is 0 Å². The van der Waals surface area contributed by atoms with Crippen molar-refractivity contribution in [3.8, 4) is 11.1 Å². The minimum atomic E-state index is -0.272. The monoisotopic (exact) mass is 242 g/mol. The number of benzene rings is 1. The molecule has 2 aromatic heterocycles. The highest BCUT2D eigenvalue weighted by Crippen LogP contribution is 2.30. The van der Waals surface area contributed by atoms with Gasteiger partial charge in [-0.05, 0) is 24.3 Å². The molecule has 0 saturated carbocycles. The summed E-state index contributed by atoms with van der Waals surface area (Å²) in [6.45, 7) is 0. The first kappa shape index (κ1) is 10.6. The molecule has 90 valence electrons. The van der Waals surface area contributed by atoms with E-state index in [1.165, 1.54) is 12.1 Å². The molecule has 0 radical (unpaired) electrons. The SMILES string of the molecule is Nc1cc(-c2c[nH]c3cc(F)ccc23)cnc1N. The predicted octanol–water partition coefficient (Wildman–Crippen LogP) is 2.53. The standard InChI is InChI=1S/C13H11FN4/c14-8-1-2-9-10(6-17-12(9)4-8)7-3-11(15)13(16)18-5-7/h1-6,17H,15H2,(H2,16,18). The molecule has 0 spiro atoms. The highest BCUT2D eigenvalue weighted by molar-refractivity contribution is 5.96. The predicted molar refractivity (Wildman–Crippen MR) is 70.3 cm³/mol. The van der Waals surface area contributed by atoms with Crippen molar-refractivity contribution < 1.29 is 4.39 Å². The minimum Gasteiger partial charge on any atom is -0.396 e. The lowest BCUT2D eigenvalue weighted by Gasteiger charge is -2.03. The fourth-order valence-electron chi connectivity index (χ4n) is 1.98. The maximum Gasteiger partial charge on any atom is 0.146 e. The van der Waals surface area contributed by atoms with Crippen LogP contribution in [0.3, 0.4) is 0 Å². The van der Waals surface area contributed by atoms with Gasteiger partial charge in [0.25, 0.3) is 0 Å². The smallest absolute Gasteiger partial charge is 0.146 e. The van der Waals surface area contributed by atoms with E-state index in [1.54, 1.807) is 24.5 Å². The van der Waals surface area contributed by atoms with Crippen LogP contribution in [0.1, 0.15) is 0 Å². The van der Waals surface area contributed by atoms with Gasteiger partial charge >= 0.3 is 0 Å². The van der Waals surface area contributed by atoms with Crippen LogP contribution in [-0.4, -0.2) is 9.97 Å². The van der Waals surface area contributed by atoms with Gasteiger partial charge in [0.1, 0.15) is 11.6 Å². The van der Waals surface area contributed by atoms with Crippen LogP contribution in [0.5, 0.6) is 0 Å². The van der Waals surface area contributed by atoms with Crippen LogP contribution >= 0.6 is 0 Å². The zero-order chi connectivity index (χ0) is 12.7. The molecule has 3 aromatic rings. The molecular weight excluding hydrogens is 231 g/mol. The van der Waals surface area contributed by atoms with Crippen molar-refractivity contribution in [2.45, 2.75) is 0 Å². The van der Waals surface area contributed by atoms with Gasteiger partial charge in [0.05, 0.1) is 5.69 Å². The zero-order valence-corrected chi connectivity index (χ0v) is 9.44. The lowest BCUT2D eigenvalue weighted by atomic mass is 10.1. The number of nitrogens with zero attached hydrogens (tertiary/aromatic N) is 1. The number of fused-ring (bicyclic) bond motifs is 1. The minimum absolute atomic E-state index is 0.272. The molecule has 5 N–H and O–H groups in total. The molecule has 18 heavy (non-hydrogen) atoms. The van der Waals surface area contributed by atoms with Gasteiger partial charge in [-0.2, -0.15) is 0 Å². The summed E-state index contributed by atoms with van der Waals surface area (Å²) in [4.78, 5) is 7.05. The molecule has 0 unspecified atom stereocenters. The molecule has 0 aliphatic carbocycles. The molecule has 5 heteroatoms. The summed E-state index contributed by atoms with van der Waals surface area (Å²) in [5, 5.41) is 0.919. The summed E-state index contributed by atoms with van der Waals surface area (Å²) in [5.74, 6) is 0.0375. The van der Waals surface area contributed by atoms with Gasteiger partial charge in [0.15, 0.2) is 0 Å². The van der Waals surface area contributed by atoms with Crippen LogP contribution in [-0.2, 0) is 0 Å². The number of pyridine rings is 1. The van der Waals surface area contributed by atoms with E-state index in [0.717, 1.165) is 22.0 Å². The van der Waals surface area contributed by atoms with E-state index in [9.17, 15) is 4.39 Å². The summed E-state index contributed by atoms with van der Waals surface area (Å²) < 4.78 is 13.1. The first-order valence-electron chi connectivity index (χ1n) is 5.43. The number of hydrogen-bond donors (Lipinski definition) is 3. The number of nitrogens with two attached hydrogens (primary N) is 2. The van der Waals surface area contributed by atoms with Crippen molar-refractivity contribution in [3.05, 3.63) is 42.5 Å². The molecule has 0 aliphatic rings. The zero-order valence-electron chi connectivity index (χ0n) is 9.44. The van der Waals surface area contributed by atoms with Crippen molar-refractivity contribution in [1.82, 2.24) is 9.97 Å². The van der Waals surface area contributed by atoms with Crippen LogP contribution in [0, 0.1) is 5.82 Å². The first-order chi connectivity index (χ1) is 8.65. The Balaban J connectivity index is 2.22. The lowest BCUT2D eigenvalue weighted by molar-refractivity contribution is 0.629. The summed E-state index contributed by atoms with van der Waals surface area (Å²) in [7, 11) is 0. The van der Waals surface area contributed by atoms with E-state index in [1.807, 2.05) is 0 Å². The highest BCUT2D eigenvalue weighted by atomic mass is 19.1. The second kappa shape index (κ2) is 3.73. The third kappa shape index (κ3) is 1.57. The molecule has 3 rings (SSSR count). The Kier molecular flexibility index (Phi) is 2.19. The van der Waals surface area contributed by atoms with Gasteiger partial charge in [-0.1, -0.05) is 0 Å². The van der Waals surface area contributed by atoms with E-state index < -0.39 is 0 Å². The quantitative estimate of drug-likeness (QED) is 0.613. The topological polar surface area (TPSA) is 80.7 Å². The van der Waals surface area contributed by atoms with E-state index >= 15 is 0 Å². The number of halogens is 1. The lowest BCUT2D eigenvalue weighted by Crippen LogP contribution is -1.97. The second-order valence-electron chi connectivity index (χ2n) is 4.09. The molecule has 0 aliphatic heterocycles. The summed E-state index contributed by atoms with van der Waals surface area (Å²) >= 11 is 0. The van der Waals surface area contributed by atoms with Crippen molar-refractivity contribution in [3.63, 3.8) is 0 Å². The van der Waals surface area contributed by atoms with Crippen molar-refractivity contribution >= 4 is 22.4 Å². The Morgan fingerprint density at radius 2 is 2.00 bits per heavy atom. The summed E-state index contributed by atoms with van der Waals surface area (Å²) in [6, 6.07) is 6.36. The van der Waals surface area contributed by atoms with Gasteiger partial charge in [-0.15, -0.1) is 0 Å². The molecule has 2 heterocycles. The van der Waals surface area contributed by atoms with Crippen molar-refractivity contribution in [2.75, 3.05) is 11.5 Å². The summed E-state index contributed by atoms with van der Waals surface area (Å²) in [6.07, 6.45) is 3.45. The van der Waals surface area contributed by atoms with Gasteiger partial charge in [-0.25, -0.2) is 9.37 Å². The van der Waals surface area contributed by atoms with E-state index in [2.05, 4.69) is 9.97 Å². The maximum atomic E-state index is 13.1. The van der Waals surface area contributed by atoms with Gasteiger partial charge < -0.3 is 16.5 Å². The van der Waals surface area contributed by atoms with E-state index in [4.69, 9.17) is 11.5 Å². The largest absolute Gasteiger partial charge is 0.396 e. The fraction of sp³-hybridized carbons (Fsp3) is 0. The number of rotatable bonds is 1. The number of anilines is 2. The Bertz CT molecular complexity index is 733. The summed E-state index contributed by atoms with van der Waals surface area (Å²) in [5.41, 5.74) is 14.3. The Hall–Kier alpha value is -2.56. The van der Waals surface area contributed by atoms with E-state index in [-0.39, 0.29) is 5.82 Å². The molecule has 0 fully saturated rings. The normalized spacial score (nSPS) is 10.9. The third-order valence-corrected chi connectivity index (χ3v) is 2.90. The third-order valence-electron chi connectivity index (χ3n) is 2.90. The van der Waals surface area contributed by atoms with Gasteiger partial charge in [0.2, 0.25) is 0 Å². The van der Waals surface area contributed by atoms with Crippen molar-refractivity contribution in [1.29, 1.82) is 0 Å². The molecule has 4 nitrogen and oxygen atoms in total. The van der Waals surface area contributed by atoms with Gasteiger partial charge in [-0.3, -0.25) is 0 Å². The van der Waals surface area contributed by atoms with Gasteiger partial charge in [0, 0.05) is 34.4 Å². The number of hydrogen-bond acceptors (Lipinski definition) is 3. The second-order valence-corrected chi connectivity index (χ2v) is 4.09. The molecule has 0 atom stereocenters. The fourth-order valence-corrected chi connectivity index (χ4v) is 1.98. The average molecular weight is 242 g/mol. The number of aromatic amines is 1. The molecule has 0 amide bonds. The average Bonchev–Trinajstić information content (AvgIpc) is 2.75. The maximum absolute atomic E-state index is 13.1. The molecule has 1 aromatic carbocycles. The number of aromatic nitrogens is 2. The number of nitrogens with one attached hydrogen (secondary N) is 1.